The maximum Gasteiger partial charge on any atom is 0.141 e. The van der Waals surface area contributed by atoms with E-state index >= 15 is 0 Å². The predicted octanol–water partition coefficient (Wildman–Crippen LogP) is 1.97. The molecule has 2 rings (SSSR count). The smallest absolute Gasteiger partial charge is 0.141 e. The van der Waals surface area contributed by atoms with Crippen molar-refractivity contribution in [2.75, 3.05) is 13.1 Å². The van der Waals surface area contributed by atoms with Gasteiger partial charge in [0.15, 0.2) is 0 Å². The Morgan fingerprint density at radius 1 is 1.50 bits per heavy atom. The van der Waals surface area contributed by atoms with Gasteiger partial charge in [-0.1, -0.05) is 17.7 Å². The fraction of sp³-hybridized carbons (Fsp3) is 0.400. The number of hydrogen-bond acceptors (Lipinski definition) is 2. The summed E-state index contributed by atoms with van der Waals surface area (Å²) in [6.07, 6.45) is 0.291. The monoisotopic (exact) mass is 215 g/mol. The number of halogens is 2. The van der Waals surface area contributed by atoms with Gasteiger partial charge in [0.2, 0.25) is 0 Å². The molecule has 1 N–H and O–H groups in total. The molecule has 14 heavy (non-hydrogen) atoms. The Labute approximate surface area is 87.0 Å². The number of hydrogen-bond donors (Lipinski definition) is 1. The van der Waals surface area contributed by atoms with E-state index in [0.717, 1.165) is 18.7 Å². The fourth-order valence-corrected chi connectivity index (χ4v) is 1.43. The molecule has 0 aliphatic carbocycles. The van der Waals surface area contributed by atoms with Gasteiger partial charge in [-0.3, -0.25) is 0 Å². The van der Waals surface area contributed by atoms with Crippen LogP contribution in [0.2, 0.25) is 5.02 Å². The van der Waals surface area contributed by atoms with Gasteiger partial charge in [0, 0.05) is 13.1 Å². The predicted molar refractivity (Wildman–Crippen MR) is 52.9 cm³/mol. The minimum absolute atomic E-state index is 0.151. The molecule has 1 fully saturated rings. The molecule has 1 heterocycles. The first-order valence-electron chi connectivity index (χ1n) is 4.52. The van der Waals surface area contributed by atoms with Crippen LogP contribution in [-0.2, 0) is 11.3 Å². The van der Waals surface area contributed by atoms with Crippen LogP contribution in [0.1, 0.15) is 5.56 Å². The highest BCUT2D eigenvalue weighted by molar-refractivity contribution is 6.30. The van der Waals surface area contributed by atoms with Crippen molar-refractivity contribution in [1.82, 2.24) is 5.32 Å². The average molecular weight is 216 g/mol. The summed E-state index contributed by atoms with van der Waals surface area (Å²) in [5, 5.41) is 3.26. The molecule has 4 heteroatoms. The zero-order valence-electron chi connectivity index (χ0n) is 7.59. The zero-order valence-corrected chi connectivity index (χ0v) is 8.35. The van der Waals surface area contributed by atoms with Crippen molar-refractivity contribution in [2.24, 2.45) is 0 Å². The lowest BCUT2D eigenvalue weighted by molar-refractivity contribution is 0.00757. The molecule has 0 atom stereocenters. The van der Waals surface area contributed by atoms with Crippen LogP contribution in [-0.4, -0.2) is 19.2 Å². The third-order valence-corrected chi connectivity index (χ3v) is 2.50. The number of ether oxygens (including phenoxy) is 1. The van der Waals surface area contributed by atoms with Gasteiger partial charge in [-0.25, -0.2) is 4.39 Å². The summed E-state index contributed by atoms with van der Waals surface area (Å²) < 4.78 is 18.3. The molecule has 1 aliphatic heterocycles. The van der Waals surface area contributed by atoms with Crippen LogP contribution < -0.4 is 5.32 Å². The van der Waals surface area contributed by atoms with Gasteiger partial charge >= 0.3 is 0 Å². The molecule has 0 bridgehead atoms. The zero-order chi connectivity index (χ0) is 9.97. The minimum atomic E-state index is -0.388. The van der Waals surface area contributed by atoms with Crippen LogP contribution in [0.3, 0.4) is 0 Å². The molecule has 0 unspecified atom stereocenters. The molecule has 0 radical (unpaired) electrons. The maximum absolute atomic E-state index is 12.8. The Balaban J connectivity index is 1.91. The van der Waals surface area contributed by atoms with Gasteiger partial charge in [-0.15, -0.1) is 0 Å². The Morgan fingerprint density at radius 3 is 2.86 bits per heavy atom. The molecule has 0 amide bonds. The van der Waals surface area contributed by atoms with E-state index in [-0.39, 0.29) is 10.8 Å². The third kappa shape index (κ3) is 2.23. The summed E-state index contributed by atoms with van der Waals surface area (Å²) >= 11 is 5.63. The van der Waals surface area contributed by atoms with Crippen molar-refractivity contribution in [2.45, 2.75) is 12.7 Å². The van der Waals surface area contributed by atoms with E-state index in [4.69, 9.17) is 16.3 Å². The molecular weight excluding hydrogens is 205 g/mol. The maximum atomic E-state index is 12.8. The van der Waals surface area contributed by atoms with E-state index in [9.17, 15) is 4.39 Å². The van der Waals surface area contributed by atoms with E-state index in [1.807, 2.05) is 0 Å². The van der Waals surface area contributed by atoms with Gasteiger partial charge in [0.1, 0.15) is 5.82 Å². The van der Waals surface area contributed by atoms with Crippen LogP contribution in [0.5, 0.6) is 0 Å². The summed E-state index contributed by atoms with van der Waals surface area (Å²) in [7, 11) is 0. The molecule has 0 saturated carbocycles. The molecular formula is C10H11ClFNO. The highest BCUT2D eigenvalue weighted by atomic mass is 35.5. The number of rotatable bonds is 3. The number of nitrogens with one attached hydrogen (secondary N) is 1. The van der Waals surface area contributed by atoms with Crippen LogP contribution >= 0.6 is 11.6 Å². The van der Waals surface area contributed by atoms with E-state index in [0.29, 0.717) is 12.7 Å². The first-order valence-corrected chi connectivity index (χ1v) is 4.90. The summed E-state index contributed by atoms with van der Waals surface area (Å²) in [5.41, 5.74) is 0.906. The summed E-state index contributed by atoms with van der Waals surface area (Å²) in [6.45, 7) is 2.29. The average Bonchev–Trinajstić information content (AvgIpc) is 2.08. The van der Waals surface area contributed by atoms with E-state index < -0.39 is 0 Å². The second-order valence-electron chi connectivity index (χ2n) is 3.34. The van der Waals surface area contributed by atoms with Gasteiger partial charge < -0.3 is 10.1 Å². The Hall–Kier alpha value is -0.640. The number of benzene rings is 1. The first-order chi connectivity index (χ1) is 6.75. The quantitative estimate of drug-likeness (QED) is 0.833. The molecule has 1 aliphatic rings. The van der Waals surface area contributed by atoms with Crippen LogP contribution in [0, 0.1) is 5.82 Å². The molecule has 0 aromatic heterocycles. The van der Waals surface area contributed by atoms with Crippen molar-refractivity contribution in [3.63, 3.8) is 0 Å². The van der Waals surface area contributed by atoms with Crippen molar-refractivity contribution < 1.29 is 9.13 Å². The molecule has 1 aromatic carbocycles. The SMILES string of the molecule is Fc1ccc(COC2CNC2)cc1Cl. The van der Waals surface area contributed by atoms with Gasteiger partial charge in [-0.05, 0) is 17.7 Å². The van der Waals surface area contributed by atoms with Gasteiger partial charge in [-0.2, -0.15) is 0 Å². The highest BCUT2D eigenvalue weighted by Crippen LogP contribution is 2.17. The Kier molecular flexibility index (Phi) is 3.01. The van der Waals surface area contributed by atoms with Crippen molar-refractivity contribution in [1.29, 1.82) is 0 Å². The normalized spacial score (nSPS) is 16.7. The topological polar surface area (TPSA) is 21.3 Å². The van der Waals surface area contributed by atoms with E-state index in [1.165, 1.54) is 6.07 Å². The minimum Gasteiger partial charge on any atom is -0.371 e. The summed E-state index contributed by atoms with van der Waals surface area (Å²) in [6, 6.07) is 4.65. The molecule has 1 saturated heterocycles. The van der Waals surface area contributed by atoms with Gasteiger partial charge in [0.25, 0.3) is 0 Å². The lowest BCUT2D eigenvalue weighted by atomic mass is 10.2. The van der Waals surface area contributed by atoms with E-state index in [2.05, 4.69) is 5.32 Å². The summed E-state index contributed by atoms with van der Waals surface area (Å²) in [4.78, 5) is 0. The van der Waals surface area contributed by atoms with Crippen LogP contribution in [0.25, 0.3) is 0 Å². The lowest BCUT2D eigenvalue weighted by Crippen LogP contribution is -2.48. The third-order valence-electron chi connectivity index (χ3n) is 2.21. The summed E-state index contributed by atoms with van der Waals surface area (Å²) in [5.74, 6) is -0.388. The Morgan fingerprint density at radius 2 is 2.29 bits per heavy atom. The lowest BCUT2D eigenvalue weighted by Gasteiger charge is -2.27. The standard InChI is InChI=1S/C10H11ClFNO/c11-9-3-7(1-2-10(9)12)6-14-8-4-13-5-8/h1-3,8,13H,4-6H2. The molecule has 76 valence electrons. The second kappa shape index (κ2) is 4.26. The largest absolute Gasteiger partial charge is 0.371 e. The molecule has 1 aromatic rings. The van der Waals surface area contributed by atoms with E-state index in [1.54, 1.807) is 12.1 Å². The van der Waals surface area contributed by atoms with Crippen LogP contribution in [0.4, 0.5) is 4.39 Å². The van der Waals surface area contributed by atoms with Crippen molar-refractivity contribution in [3.8, 4) is 0 Å². The highest BCUT2D eigenvalue weighted by Gasteiger charge is 2.16. The second-order valence-corrected chi connectivity index (χ2v) is 3.75. The molecule has 0 spiro atoms. The Bertz CT molecular complexity index is 328. The van der Waals surface area contributed by atoms with Gasteiger partial charge in [0.05, 0.1) is 17.7 Å². The molecule has 2 nitrogen and oxygen atoms in total. The van der Waals surface area contributed by atoms with Crippen LogP contribution in [0.15, 0.2) is 18.2 Å². The first kappa shape index (κ1) is 9.90. The fourth-order valence-electron chi connectivity index (χ4n) is 1.22. The van der Waals surface area contributed by atoms with Crippen molar-refractivity contribution >= 4 is 11.6 Å². The van der Waals surface area contributed by atoms with Crippen molar-refractivity contribution in [3.05, 3.63) is 34.6 Å².